The lowest BCUT2D eigenvalue weighted by atomic mass is 10.1. The number of carbonyl (C=O) groups is 1. The highest BCUT2D eigenvalue weighted by atomic mass is 79.9. The van der Waals surface area contributed by atoms with Crippen molar-refractivity contribution < 1.29 is 9.53 Å². The molecule has 0 amide bonds. The number of ketones is 1. The lowest BCUT2D eigenvalue weighted by Gasteiger charge is -2.09. The van der Waals surface area contributed by atoms with Crippen LogP contribution in [-0.2, 0) is 6.42 Å². The fourth-order valence-corrected chi connectivity index (χ4v) is 2.06. The number of rotatable bonds is 4. The summed E-state index contributed by atoms with van der Waals surface area (Å²) in [5.41, 5.74) is 1.95. The Labute approximate surface area is 97.8 Å². The van der Waals surface area contributed by atoms with Crippen LogP contribution in [0, 0.1) is 0 Å². The van der Waals surface area contributed by atoms with Crippen molar-refractivity contribution in [3.63, 3.8) is 0 Å². The summed E-state index contributed by atoms with van der Waals surface area (Å²) in [4.78, 5) is 11.5. The van der Waals surface area contributed by atoms with Crippen LogP contribution >= 0.6 is 15.9 Å². The largest absolute Gasteiger partial charge is 0.493 e. The average Bonchev–Trinajstić information content (AvgIpc) is 2.62. The van der Waals surface area contributed by atoms with Gasteiger partial charge in [-0.2, -0.15) is 0 Å². The van der Waals surface area contributed by atoms with Crippen LogP contribution in [0.15, 0.2) is 18.2 Å². The van der Waals surface area contributed by atoms with Crippen molar-refractivity contribution in [1.29, 1.82) is 0 Å². The number of hydrogen-bond donors (Lipinski definition) is 0. The van der Waals surface area contributed by atoms with E-state index in [0.717, 1.165) is 35.0 Å². The van der Waals surface area contributed by atoms with Crippen LogP contribution in [0.1, 0.15) is 28.8 Å². The van der Waals surface area contributed by atoms with Gasteiger partial charge >= 0.3 is 0 Å². The maximum Gasteiger partial charge on any atom is 0.163 e. The summed E-state index contributed by atoms with van der Waals surface area (Å²) in [6, 6.07) is 5.74. The van der Waals surface area contributed by atoms with Gasteiger partial charge < -0.3 is 4.74 Å². The summed E-state index contributed by atoms with van der Waals surface area (Å²) >= 11 is 3.36. The van der Waals surface area contributed by atoms with E-state index in [2.05, 4.69) is 15.9 Å². The molecule has 0 N–H and O–H groups in total. The highest BCUT2D eigenvalue weighted by molar-refractivity contribution is 9.09. The molecule has 0 spiro atoms. The van der Waals surface area contributed by atoms with Crippen molar-refractivity contribution in [2.24, 2.45) is 0 Å². The zero-order chi connectivity index (χ0) is 10.7. The Bertz CT molecular complexity index is 374. The fraction of sp³-hybridized carbons (Fsp3) is 0.417. The molecule has 0 saturated heterocycles. The molecule has 1 aliphatic carbocycles. The molecular weight excluding hydrogens is 256 g/mol. The second-order valence-corrected chi connectivity index (χ2v) is 4.39. The van der Waals surface area contributed by atoms with Gasteiger partial charge in [0.25, 0.3) is 0 Å². The summed E-state index contributed by atoms with van der Waals surface area (Å²) in [7, 11) is 0. The van der Waals surface area contributed by atoms with Gasteiger partial charge in [-0.15, -0.1) is 0 Å². The van der Waals surface area contributed by atoms with Gasteiger partial charge in [-0.3, -0.25) is 4.79 Å². The van der Waals surface area contributed by atoms with E-state index < -0.39 is 0 Å². The van der Waals surface area contributed by atoms with Crippen LogP contribution in [-0.4, -0.2) is 17.7 Å². The van der Waals surface area contributed by atoms with Crippen molar-refractivity contribution >= 4 is 21.7 Å². The maximum atomic E-state index is 11.5. The normalized spacial score (nSPS) is 14.1. The van der Waals surface area contributed by atoms with E-state index in [1.807, 2.05) is 18.2 Å². The molecule has 1 aromatic carbocycles. The first-order valence-corrected chi connectivity index (χ1v) is 6.29. The van der Waals surface area contributed by atoms with Crippen molar-refractivity contribution in [2.75, 3.05) is 11.9 Å². The molecule has 0 saturated carbocycles. The van der Waals surface area contributed by atoms with Crippen LogP contribution in [0.5, 0.6) is 5.75 Å². The molecule has 2 nitrogen and oxygen atoms in total. The lowest BCUT2D eigenvalue weighted by molar-refractivity contribution is 0.0994. The Morgan fingerprint density at radius 2 is 2.20 bits per heavy atom. The Hall–Kier alpha value is -0.830. The predicted octanol–water partition coefficient (Wildman–Crippen LogP) is 2.98. The predicted molar refractivity (Wildman–Crippen MR) is 63.0 cm³/mol. The number of carbonyl (C=O) groups excluding carboxylic acids is 1. The standard InChI is InChI=1S/C12H13BrO2/c13-7-2-8-15-12-4-1-3-9-10(12)5-6-11(9)14/h1,3-4H,2,5-8H2. The highest BCUT2D eigenvalue weighted by Crippen LogP contribution is 2.30. The molecule has 3 heteroatoms. The van der Waals surface area contributed by atoms with Gasteiger partial charge in [0.05, 0.1) is 6.61 Å². The molecule has 0 aliphatic heterocycles. The summed E-state index contributed by atoms with van der Waals surface area (Å²) in [5, 5.41) is 0.945. The van der Waals surface area contributed by atoms with Crippen molar-refractivity contribution in [3.8, 4) is 5.75 Å². The summed E-state index contributed by atoms with van der Waals surface area (Å²) < 4.78 is 5.66. The monoisotopic (exact) mass is 268 g/mol. The van der Waals surface area contributed by atoms with Crippen LogP contribution in [0.25, 0.3) is 0 Å². The van der Waals surface area contributed by atoms with Gasteiger partial charge in [0, 0.05) is 22.9 Å². The molecule has 2 rings (SSSR count). The fourth-order valence-electron chi connectivity index (χ4n) is 1.83. The number of ether oxygens (including phenoxy) is 1. The number of benzene rings is 1. The van der Waals surface area contributed by atoms with E-state index in [4.69, 9.17) is 4.74 Å². The van der Waals surface area contributed by atoms with E-state index in [1.165, 1.54) is 0 Å². The minimum atomic E-state index is 0.246. The highest BCUT2D eigenvalue weighted by Gasteiger charge is 2.22. The van der Waals surface area contributed by atoms with Crippen molar-refractivity contribution in [1.82, 2.24) is 0 Å². The minimum absolute atomic E-state index is 0.246. The second kappa shape index (κ2) is 4.79. The van der Waals surface area contributed by atoms with E-state index in [0.29, 0.717) is 13.0 Å². The molecule has 0 bridgehead atoms. The van der Waals surface area contributed by atoms with E-state index in [-0.39, 0.29) is 5.78 Å². The number of halogens is 1. The third-order valence-corrected chi connectivity index (χ3v) is 3.13. The molecule has 1 aliphatic rings. The Balaban J connectivity index is 2.15. The maximum absolute atomic E-state index is 11.5. The molecule has 0 unspecified atom stereocenters. The van der Waals surface area contributed by atoms with Gasteiger partial charge in [-0.25, -0.2) is 0 Å². The zero-order valence-corrected chi connectivity index (χ0v) is 10.0. The Morgan fingerprint density at radius 1 is 1.33 bits per heavy atom. The summed E-state index contributed by atoms with van der Waals surface area (Å²) in [6.45, 7) is 0.704. The van der Waals surface area contributed by atoms with Gasteiger partial charge in [-0.1, -0.05) is 28.1 Å². The molecule has 0 heterocycles. The Kier molecular flexibility index (Phi) is 3.41. The lowest BCUT2D eigenvalue weighted by Crippen LogP contribution is -2.00. The topological polar surface area (TPSA) is 26.3 Å². The molecule has 15 heavy (non-hydrogen) atoms. The summed E-state index contributed by atoms with van der Waals surface area (Å²) in [5.74, 6) is 1.13. The van der Waals surface area contributed by atoms with E-state index >= 15 is 0 Å². The minimum Gasteiger partial charge on any atom is -0.493 e. The van der Waals surface area contributed by atoms with Crippen LogP contribution in [0.4, 0.5) is 0 Å². The number of hydrogen-bond acceptors (Lipinski definition) is 2. The zero-order valence-electron chi connectivity index (χ0n) is 8.46. The first kappa shape index (κ1) is 10.7. The molecule has 0 atom stereocenters. The number of fused-ring (bicyclic) bond motifs is 1. The molecular formula is C12H13BrO2. The third kappa shape index (κ3) is 2.23. The quantitative estimate of drug-likeness (QED) is 0.620. The second-order valence-electron chi connectivity index (χ2n) is 3.60. The SMILES string of the molecule is O=C1CCc2c(OCCCBr)cccc21. The van der Waals surface area contributed by atoms with E-state index in [1.54, 1.807) is 0 Å². The van der Waals surface area contributed by atoms with Gasteiger partial charge in [0.15, 0.2) is 5.78 Å². The molecule has 80 valence electrons. The molecule has 0 aromatic heterocycles. The van der Waals surface area contributed by atoms with Gasteiger partial charge in [-0.05, 0) is 18.9 Å². The average molecular weight is 269 g/mol. The van der Waals surface area contributed by atoms with E-state index in [9.17, 15) is 4.79 Å². The number of Topliss-reactive ketones (excluding diaryl/α,β-unsaturated/α-hetero) is 1. The van der Waals surface area contributed by atoms with Crippen LogP contribution in [0.2, 0.25) is 0 Å². The first-order valence-electron chi connectivity index (χ1n) is 5.17. The van der Waals surface area contributed by atoms with Gasteiger partial charge in [0.1, 0.15) is 5.75 Å². The third-order valence-electron chi connectivity index (χ3n) is 2.57. The summed E-state index contributed by atoms with van der Waals surface area (Å²) in [6.07, 6.45) is 2.45. The molecule has 1 aromatic rings. The molecule has 0 fully saturated rings. The Morgan fingerprint density at radius 3 is 3.00 bits per heavy atom. The van der Waals surface area contributed by atoms with Crippen molar-refractivity contribution in [2.45, 2.75) is 19.3 Å². The van der Waals surface area contributed by atoms with Crippen LogP contribution < -0.4 is 4.74 Å². The van der Waals surface area contributed by atoms with Gasteiger partial charge in [0.2, 0.25) is 0 Å². The first-order chi connectivity index (χ1) is 7.33. The molecule has 0 radical (unpaired) electrons. The van der Waals surface area contributed by atoms with Crippen LogP contribution in [0.3, 0.4) is 0 Å². The smallest absolute Gasteiger partial charge is 0.163 e. The van der Waals surface area contributed by atoms with Crippen molar-refractivity contribution in [3.05, 3.63) is 29.3 Å². The number of alkyl halides is 1.